The number of carbonyl (C=O) groups excluding carboxylic acids is 1. The molecule has 0 aliphatic carbocycles. The molecule has 0 bridgehead atoms. The van der Waals surface area contributed by atoms with E-state index in [0.717, 1.165) is 32.6 Å². The van der Waals surface area contributed by atoms with Crippen LogP contribution in [0.1, 0.15) is 18.4 Å². The summed E-state index contributed by atoms with van der Waals surface area (Å²) in [5.74, 6) is 0.271. The Labute approximate surface area is 139 Å². The lowest BCUT2D eigenvalue weighted by Crippen LogP contribution is -2.42. The third-order valence-corrected chi connectivity index (χ3v) is 5.04. The topological polar surface area (TPSA) is 26.8 Å². The zero-order valence-corrected chi connectivity index (χ0v) is 14.2. The summed E-state index contributed by atoms with van der Waals surface area (Å²) in [5.41, 5.74) is 2.65. The number of benzene rings is 1. The Morgan fingerprint density at radius 2 is 2.00 bits per heavy atom. The van der Waals surface area contributed by atoms with Crippen molar-refractivity contribution in [1.29, 1.82) is 0 Å². The first-order valence-corrected chi connectivity index (χ1v) is 8.54. The maximum absolute atomic E-state index is 12.5. The largest absolute Gasteiger partial charge is 0.338 e. The Balaban J connectivity index is 1.52. The number of rotatable bonds is 4. The zero-order valence-electron chi connectivity index (χ0n) is 14.2. The second kappa shape index (κ2) is 7.28. The van der Waals surface area contributed by atoms with Crippen LogP contribution in [0.2, 0.25) is 0 Å². The van der Waals surface area contributed by atoms with Crippen LogP contribution in [0.3, 0.4) is 0 Å². The monoisotopic (exact) mass is 313 g/mol. The molecule has 1 amide bonds. The Morgan fingerprint density at radius 1 is 1.22 bits per heavy atom. The van der Waals surface area contributed by atoms with E-state index in [1.165, 1.54) is 17.6 Å². The fourth-order valence-electron chi connectivity index (χ4n) is 3.48. The van der Waals surface area contributed by atoms with Crippen LogP contribution in [-0.2, 0) is 4.79 Å². The average Bonchev–Trinajstić information content (AvgIpc) is 3.04. The minimum Gasteiger partial charge on any atom is -0.338 e. The second-order valence-corrected chi connectivity index (χ2v) is 6.83. The molecule has 0 aromatic heterocycles. The highest BCUT2D eigenvalue weighted by molar-refractivity contribution is 5.80. The molecule has 0 saturated carbocycles. The molecule has 2 aliphatic rings. The number of likely N-dealkylation sites (N-methyl/N-ethyl adjacent to an activating group) is 1. The van der Waals surface area contributed by atoms with Crippen molar-refractivity contribution in [2.45, 2.75) is 18.9 Å². The van der Waals surface area contributed by atoms with Gasteiger partial charge in [0.1, 0.15) is 0 Å². The third kappa shape index (κ3) is 4.01. The summed E-state index contributed by atoms with van der Waals surface area (Å²) in [6, 6.07) is 11.1. The Kier molecular flexibility index (Phi) is 5.13. The van der Waals surface area contributed by atoms with Crippen LogP contribution in [-0.4, -0.2) is 73.5 Å². The van der Waals surface area contributed by atoms with Gasteiger partial charge in [-0.2, -0.15) is 0 Å². The molecule has 1 unspecified atom stereocenters. The normalized spacial score (nSPS) is 22.5. The standard InChI is InChI=1S/C19H27N3O/c1-20(2)18-10-11-21(14-18)15-19(23)22-12-8-17(9-13-22)16-6-4-3-5-7-16/h3-8,18H,9-15H2,1-2H3. The van der Waals surface area contributed by atoms with Crippen LogP contribution in [0.25, 0.3) is 5.57 Å². The number of nitrogens with zero attached hydrogens (tertiary/aromatic N) is 3. The van der Waals surface area contributed by atoms with Crippen molar-refractivity contribution in [2.75, 3.05) is 46.8 Å². The van der Waals surface area contributed by atoms with Crippen LogP contribution in [0.5, 0.6) is 0 Å². The van der Waals surface area contributed by atoms with Gasteiger partial charge in [-0.3, -0.25) is 9.69 Å². The summed E-state index contributed by atoms with van der Waals surface area (Å²) in [7, 11) is 4.24. The van der Waals surface area contributed by atoms with E-state index in [-0.39, 0.29) is 5.91 Å². The average molecular weight is 313 g/mol. The van der Waals surface area contributed by atoms with E-state index in [4.69, 9.17) is 0 Å². The number of likely N-dealkylation sites (tertiary alicyclic amines) is 1. The van der Waals surface area contributed by atoms with E-state index in [0.29, 0.717) is 12.6 Å². The first-order valence-electron chi connectivity index (χ1n) is 8.54. The van der Waals surface area contributed by atoms with E-state index >= 15 is 0 Å². The molecule has 4 heteroatoms. The molecule has 0 spiro atoms. The Hall–Kier alpha value is -1.65. The number of carbonyl (C=O) groups is 1. The van der Waals surface area contributed by atoms with Gasteiger partial charge >= 0.3 is 0 Å². The summed E-state index contributed by atoms with van der Waals surface area (Å²) < 4.78 is 0. The molecule has 4 nitrogen and oxygen atoms in total. The highest BCUT2D eigenvalue weighted by Crippen LogP contribution is 2.22. The molecule has 0 radical (unpaired) electrons. The van der Waals surface area contributed by atoms with Crippen molar-refractivity contribution >= 4 is 11.5 Å². The van der Waals surface area contributed by atoms with Gasteiger partial charge in [-0.15, -0.1) is 0 Å². The second-order valence-electron chi connectivity index (χ2n) is 6.83. The SMILES string of the molecule is CN(C)C1CCN(CC(=O)N2CC=C(c3ccccc3)CC2)C1. The molecule has 1 aromatic rings. The highest BCUT2D eigenvalue weighted by atomic mass is 16.2. The van der Waals surface area contributed by atoms with Crippen molar-refractivity contribution in [1.82, 2.24) is 14.7 Å². The molecule has 1 saturated heterocycles. The maximum Gasteiger partial charge on any atom is 0.237 e. The molecule has 124 valence electrons. The number of amides is 1. The lowest BCUT2D eigenvalue weighted by atomic mass is 9.99. The van der Waals surface area contributed by atoms with Gasteiger partial charge in [-0.05, 0) is 38.1 Å². The first-order chi connectivity index (χ1) is 11.1. The molecule has 1 fully saturated rings. The van der Waals surface area contributed by atoms with E-state index in [2.05, 4.69) is 54.2 Å². The predicted octanol–water partition coefficient (Wildman–Crippen LogP) is 1.94. The summed E-state index contributed by atoms with van der Waals surface area (Å²) in [4.78, 5) is 19.1. The van der Waals surface area contributed by atoms with Gasteiger partial charge < -0.3 is 9.80 Å². The van der Waals surface area contributed by atoms with Gasteiger partial charge in [0, 0.05) is 32.2 Å². The van der Waals surface area contributed by atoms with Gasteiger partial charge in [0.05, 0.1) is 6.54 Å². The fourth-order valence-corrected chi connectivity index (χ4v) is 3.48. The summed E-state index contributed by atoms with van der Waals surface area (Å²) in [6.07, 6.45) is 4.33. The molecule has 3 rings (SSSR count). The van der Waals surface area contributed by atoms with Crippen molar-refractivity contribution in [3.63, 3.8) is 0 Å². The van der Waals surface area contributed by atoms with Crippen LogP contribution in [0, 0.1) is 0 Å². The van der Waals surface area contributed by atoms with Crippen molar-refractivity contribution in [2.24, 2.45) is 0 Å². The van der Waals surface area contributed by atoms with Crippen molar-refractivity contribution in [3.05, 3.63) is 42.0 Å². The molecule has 2 heterocycles. The quantitative estimate of drug-likeness (QED) is 0.850. The van der Waals surface area contributed by atoms with Crippen molar-refractivity contribution < 1.29 is 4.79 Å². The zero-order chi connectivity index (χ0) is 16.2. The predicted molar refractivity (Wildman–Crippen MR) is 94.1 cm³/mol. The van der Waals surface area contributed by atoms with E-state index < -0.39 is 0 Å². The van der Waals surface area contributed by atoms with Crippen LogP contribution in [0.4, 0.5) is 0 Å². The van der Waals surface area contributed by atoms with Gasteiger partial charge in [0.15, 0.2) is 0 Å². The van der Waals surface area contributed by atoms with E-state index in [9.17, 15) is 4.79 Å². The molecule has 1 aromatic carbocycles. The van der Waals surface area contributed by atoms with Gasteiger partial charge in [-0.25, -0.2) is 0 Å². The minimum atomic E-state index is 0.271. The van der Waals surface area contributed by atoms with Gasteiger partial charge in [0.2, 0.25) is 5.91 Å². The minimum absolute atomic E-state index is 0.271. The van der Waals surface area contributed by atoms with Crippen LogP contribution in [0.15, 0.2) is 36.4 Å². The number of hydrogen-bond donors (Lipinski definition) is 0. The Morgan fingerprint density at radius 3 is 2.61 bits per heavy atom. The molecule has 0 N–H and O–H groups in total. The first kappa shape index (κ1) is 16.2. The van der Waals surface area contributed by atoms with E-state index in [1.807, 2.05) is 11.0 Å². The lowest BCUT2D eigenvalue weighted by molar-refractivity contribution is -0.131. The maximum atomic E-state index is 12.5. The molecular formula is C19H27N3O. The number of hydrogen-bond acceptors (Lipinski definition) is 3. The van der Waals surface area contributed by atoms with Crippen LogP contribution >= 0.6 is 0 Å². The molecule has 1 atom stereocenters. The van der Waals surface area contributed by atoms with Crippen molar-refractivity contribution in [3.8, 4) is 0 Å². The smallest absolute Gasteiger partial charge is 0.237 e. The molecule has 2 aliphatic heterocycles. The van der Waals surface area contributed by atoms with E-state index in [1.54, 1.807) is 0 Å². The van der Waals surface area contributed by atoms with Gasteiger partial charge in [-0.1, -0.05) is 36.4 Å². The summed E-state index contributed by atoms with van der Waals surface area (Å²) in [5, 5.41) is 0. The highest BCUT2D eigenvalue weighted by Gasteiger charge is 2.27. The fraction of sp³-hybridized carbons (Fsp3) is 0.526. The molecular weight excluding hydrogens is 286 g/mol. The summed E-state index contributed by atoms with van der Waals surface area (Å²) in [6.45, 7) is 4.20. The Bertz CT molecular complexity index is 567. The van der Waals surface area contributed by atoms with Gasteiger partial charge in [0.25, 0.3) is 0 Å². The van der Waals surface area contributed by atoms with Crippen LogP contribution < -0.4 is 0 Å². The lowest BCUT2D eigenvalue weighted by Gasteiger charge is -2.28. The third-order valence-electron chi connectivity index (χ3n) is 5.04. The molecule has 23 heavy (non-hydrogen) atoms. The summed E-state index contributed by atoms with van der Waals surface area (Å²) >= 11 is 0.